The van der Waals surface area contributed by atoms with Crippen LogP contribution in [0.4, 0.5) is 0 Å². The molecule has 0 unspecified atom stereocenters. The van der Waals surface area contributed by atoms with Crippen molar-refractivity contribution in [2.75, 3.05) is 0 Å². The van der Waals surface area contributed by atoms with Crippen molar-refractivity contribution < 1.29 is 9.63 Å². The zero-order chi connectivity index (χ0) is 13.9. The van der Waals surface area contributed by atoms with Gasteiger partial charge in [0.25, 0.3) is 0 Å². The molecular formula is C17H15NO2. The second kappa shape index (κ2) is 5.31. The van der Waals surface area contributed by atoms with Crippen LogP contribution in [0.1, 0.15) is 11.3 Å². The van der Waals surface area contributed by atoms with E-state index in [9.17, 15) is 5.11 Å². The number of hydrogen-bond acceptors (Lipinski definition) is 3. The molecule has 0 aliphatic rings. The van der Waals surface area contributed by atoms with Gasteiger partial charge in [-0.1, -0.05) is 59.8 Å². The number of aliphatic hydroxyl groups is 1. The minimum Gasteiger partial charge on any atom is -0.391 e. The zero-order valence-electron chi connectivity index (χ0n) is 11.2. The third-order valence-corrected chi connectivity index (χ3v) is 3.40. The van der Waals surface area contributed by atoms with Gasteiger partial charge >= 0.3 is 0 Å². The lowest BCUT2D eigenvalue weighted by atomic mass is 10.0. The van der Waals surface area contributed by atoms with E-state index in [0.717, 1.165) is 22.4 Å². The van der Waals surface area contributed by atoms with Crippen LogP contribution in [0, 0.1) is 6.92 Å². The Morgan fingerprint density at radius 3 is 2.15 bits per heavy atom. The monoisotopic (exact) mass is 265 g/mol. The molecule has 0 amide bonds. The van der Waals surface area contributed by atoms with Crippen LogP contribution in [0.5, 0.6) is 0 Å². The molecule has 0 aliphatic heterocycles. The number of benzene rings is 2. The fraction of sp³-hybridized carbons (Fsp3) is 0.118. The Kier molecular flexibility index (Phi) is 3.35. The molecule has 0 bridgehead atoms. The Morgan fingerprint density at radius 2 is 1.50 bits per heavy atom. The highest BCUT2D eigenvalue weighted by molar-refractivity contribution is 5.69. The summed E-state index contributed by atoms with van der Waals surface area (Å²) in [4.78, 5) is 0. The number of hydrogen-bond donors (Lipinski definition) is 1. The highest BCUT2D eigenvalue weighted by Crippen LogP contribution is 2.28. The summed E-state index contributed by atoms with van der Waals surface area (Å²) in [6, 6.07) is 18.3. The van der Waals surface area contributed by atoms with Gasteiger partial charge in [-0.05, 0) is 18.1 Å². The van der Waals surface area contributed by atoms with Crippen LogP contribution in [0.25, 0.3) is 22.5 Å². The number of aliphatic hydroxyl groups excluding tert-OH is 1. The van der Waals surface area contributed by atoms with Crippen molar-refractivity contribution in [2.45, 2.75) is 13.5 Å². The molecule has 3 heteroatoms. The molecule has 2 aromatic carbocycles. The Morgan fingerprint density at radius 1 is 0.900 bits per heavy atom. The van der Waals surface area contributed by atoms with E-state index < -0.39 is 0 Å². The van der Waals surface area contributed by atoms with Crippen molar-refractivity contribution in [3.63, 3.8) is 0 Å². The normalized spacial score (nSPS) is 10.7. The summed E-state index contributed by atoms with van der Waals surface area (Å²) in [5.41, 5.74) is 4.73. The Balaban J connectivity index is 1.97. The van der Waals surface area contributed by atoms with Crippen molar-refractivity contribution in [3.8, 4) is 22.5 Å². The van der Waals surface area contributed by atoms with E-state index in [2.05, 4.69) is 17.3 Å². The number of nitrogens with zero attached hydrogens (tertiary/aromatic N) is 1. The molecular weight excluding hydrogens is 250 g/mol. The van der Waals surface area contributed by atoms with E-state index in [1.165, 1.54) is 5.56 Å². The largest absolute Gasteiger partial charge is 0.391 e. The van der Waals surface area contributed by atoms with E-state index in [1.54, 1.807) is 0 Å². The van der Waals surface area contributed by atoms with Crippen LogP contribution >= 0.6 is 0 Å². The first-order valence-corrected chi connectivity index (χ1v) is 6.51. The maximum Gasteiger partial charge on any atom is 0.172 e. The van der Waals surface area contributed by atoms with E-state index in [-0.39, 0.29) is 6.61 Å². The van der Waals surface area contributed by atoms with Crippen molar-refractivity contribution in [2.24, 2.45) is 0 Å². The second-order valence-corrected chi connectivity index (χ2v) is 4.68. The number of aryl methyl sites for hydroxylation is 1. The summed E-state index contributed by atoms with van der Waals surface area (Å²) >= 11 is 0. The molecule has 0 atom stereocenters. The first-order valence-electron chi connectivity index (χ1n) is 6.51. The first-order chi connectivity index (χ1) is 9.79. The molecule has 0 aliphatic carbocycles. The third kappa shape index (κ3) is 2.24. The van der Waals surface area contributed by atoms with Gasteiger partial charge in [0, 0.05) is 11.1 Å². The minimum atomic E-state index is -0.0644. The highest BCUT2D eigenvalue weighted by atomic mass is 16.5. The molecule has 1 heterocycles. The van der Waals surface area contributed by atoms with Crippen molar-refractivity contribution in [3.05, 3.63) is 65.9 Å². The van der Waals surface area contributed by atoms with Crippen LogP contribution < -0.4 is 0 Å². The molecule has 0 saturated heterocycles. The fourth-order valence-electron chi connectivity index (χ4n) is 2.25. The van der Waals surface area contributed by atoms with Crippen LogP contribution in [0.3, 0.4) is 0 Å². The molecule has 0 fully saturated rings. The number of rotatable bonds is 3. The molecule has 20 heavy (non-hydrogen) atoms. The summed E-state index contributed by atoms with van der Waals surface area (Å²) in [5.74, 6) is 0.643. The van der Waals surface area contributed by atoms with E-state index in [0.29, 0.717) is 5.76 Å². The van der Waals surface area contributed by atoms with Gasteiger partial charge in [0.1, 0.15) is 0 Å². The van der Waals surface area contributed by atoms with Crippen molar-refractivity contribution in [1.82, 2.24) is 5.16 Å². The molecule has 3 nitrogen and oxygen atoms in total. The van der Waals surface area contributed by atoms with Gasteiger partial charge in [-0.2, -0.15) is 0 Å². The van der Waals surface area contributed by atoms with Crippen molar-refractivity contribution >= 4 is 0 Å². The van der Waals surface area contributed by atoms with E-state index >= 15 is 0 Å². The van der Waals surface area contributed by atoms with Gasteiger partial charge in [0.15, 0.2) is 5.76 Å². The molecule has 3 aromatic rings. The third-order valence-electron chi connectivity index (χ3n) is 3.40. The van der Waals surface area contributed by atoms with Crippen molar-refractivity contribution in [1.29, 1.82) is 0 Å². The summed E-state index contributed by atoms with van der Waals surface area (Å²) < 4.78 is 5.31. The Labute approximate surface area is 117 Å². The second-order valence-electron chi connectivity index (χ2n) is 4.68. The molecule has 0 radical (unpaired) electrons. The summed E-state index contributed by atoms with van der Waals surface area (Å²) in [7, 11) is 0. The lowest BCUT2D eigenvalue weighted by Gasteiger charge is -2.03. The predicted octanol–water partition coefficient (Wildman–Crippen LogP) is 3.81. The van der Waals surface area contributed by atoms with Gasteiger partial charge in [0.05, 0.1) is 12.3 Å². The minimum absolute atomic E-state index is 0.0644. The van der Waals surface area contributed by atoms with Gasteiger partial charge in [-0.25, -0.2) is 0 Å². The molecule has 0 spiro atoms. The molecule has 1 N–H and O–H groups in total. The average Bonchev–Trinajstić information content (AvgIpc) is 2.89. The smallest absolute Gasteiger partial charge is 0.172 e. The fourth-order valence-corrected chi connectivity index (χ4v) is 2.25. The lowest BCUT2D eigenvalue weighted by molar-refractivity contribution is 0.281. The standard InChI is InChI=1S/C17H15NO2/c1-12-16(11-19)17(20-18-12)15-9-7-14(8-10-15)13-5-3-2-4-6-13/h2-10,19H,11H2,1H3. The number of aromatic nitrogens is 1. The molecule has 3 rings (SSSR count). The Bertz CT molecular complexity index is 700. The van der Waals surface area contributed by atoms with Gasteiger partial charge in [0.2, 0.25) is 0 Å². The average molecular weight is 265 g/mol. The first kappa shape index (κ1) is 12.6. The maximum atomic E-state index is 9.38. The summed E-state index contributed by atoms with van der Waals surface area (Å²) in [5, 5.41) is 13.3. The molecule has 100 valence electrons. The zero-order valence-corrected chi connectivity index (χ0v) is 11.2. The topological polar surface area (TPSA) is 46.3 Å². The van der Waals surface area contributed by atoms with Crippen LogP contribution in [0.2, 0.25) is 0 Å². The highest BCUT2D eigenvalue weighted by Gasteiger charge is 2.13. The maximum absolute atomic E-state index is 9.38. The van der Waals surface area contributed by atoms with Crippen LogP contribution in [0.15, 0.2) is 59.1 Å². The molecule has 1 aromatic heterocycles. The van der Waals surface area contributed by atoms with Gasteiger partial charge < -0.3 is 9.63 Å². The van der Waals surface area contributed by atoms with Gasteiger partial charge in [-0.3, -0.25) is 0 Å². The summed E-state index contributed by atoms with van der Waals surface area (Å²) in [6.07, 6.45) is 0. The van der Waals surface area contributed by atoms with E-state index in [1.807, 2.05) is 49.4 Å². The Hall–Kier alpha value is -2.39. The summed E-state index contributed by atoms with van der Waals surface area (Å²) in [6.45, 7) is 1.77. The quantitative estimate of drug-likeness (QED) is 0.783. The van der Waals surface area contributed by atoms with E-state index in [4.69, 9.17) is 4.52 Å². The van der Waals surface area contributed by atoms with Crippen LogP contribution in [-0.4, -0.2) is 10.3 Å². The molecule has 0 saturated carbocycles. The predicted molar refractivity (Wildman–Crippen MR) is 78.0 cm³/mol. The van der Waals surface area contributed by atoms with Crippen LogP contribution in [-0.2, 0) is 6.61 Å². The lowest BCUT2D eigenvalue weighted by Crippen LogP contribution is -1.87. The SMILES string of the molecule is Cc1noc(-c2ccc(-c3ccccc3)cc2)c1CO. The van der Waals surface area contributed by atoms with Gasteiger partial charge in [-0.15, -0.1) is 0 Å².